The van der Waals surface area contributed by atoms with E-state index in [0.29, 0.717) is 17.0 Å². The summed E-state index contributed by atoms with van der Waals surface area (Å²) >= 11 is 2.16. The fraction of sp³-hybridized carbons (Fsp3) is 0.111. The molecule has 2 amide bonds. The average molecular weight is 435 g/mol. The Morgan fingerprint density at radius 3 is 2.46 bits per heavy atom. The fourth-order valence-electron chi connectivity index (χ4n) is 2.70. The van der Waals surface area contributed by atoms with Crippen LogP contribution >= 0.6 is 22.6 Å². The van der Waals surface area contributed by atoms with Crippen molar-refractivity contribution < 1.29 is 19.4 Å². The number of hydrogen-bond donors (Lipinski definition) is 1. The Morgan fingerprint density at radius 2 is 1.79 bits per heavy atom. The van der Waals surface area contributed by atoms with E-state index in [1.54, 1.807) is 30.3 Å². The molecule has 0 aliphatic carbocycles. The van der Waals surface area contributed by atoms with Gasteiger partial charge in [0.2, 0.25) is 0 Å². The van der Waals surface area contributed by atoms with Crippen LogP contribution in [-0.2, 0) is 9.59 Å². The molecule has 0 atom stereocenters. The number of aliphatic hydroxyl groups is 1. The molecule has 2 aromatic rings. The van der Waals surface area contributed by atoms with Crippen LogP contribution in [0.2, 0.25) is 0 Å². The summed E-state index contributed by atoms with van der Waals surface area (Å²) in [4.78, 5) is 26.4. The zero-order chi connectivity index (χ0) is 17.4. The SMILES string of the molecule is COc1ccccc1C1=C(O)C(=O)N(c2ccc(I)cc2C)C1=O. The van der Waals surface area contributed by atoms with Crippen LogP contribution in [0.5, 0.6) is 5.75 Å². The number of amides is 2. The van der Waals surface area contributed by atoms with Gasteiger partial charge in [-0.3, -0.25) is 9.59 Å². The van der Waals surface area contributed by atoms with Crippen molar-refractivity contribution >= 4 is 45.7 Å². The molecule has 1 N–H and O–H groups in total. The number of aryl methyl sites for hydroxylation is 1. The number of imide groups is 1. The van der Waals surface area contributed by atoms with E-state index in [2.05, 4.69) is 22.6 Å². The molecular formula is C18H14INO4. The highest BCUT2D eigenvalue weighted by atomic mass is 127. The number of ether oxygens (including phenoxy) is 1. The molecule has 1 aliphatic heterocycles. The summed E-state index contributed by atoms with van der Waals surface area (Å²) in [6.07, 6.45) is 0. The maximum Gasteiger partial charge on any atom is 0.301 e. The Morgan fingerprint density at radius 1 is 1.08 bits per heavy atom. The summed E-state index contributed by atoms with van der Waals surface area (Å²) in [7, 11) is 1.47. The maximum atomic E-state index is 12.9. The zero-order valence-corrected chi connectivity index (χ0v) is 15.2. The Kier molecular flexibility index (Phi) is 4.31. The number of methoxy groups -OCH3 is 1. The second kappa shape index (κ2) is 6.27. The third-order valence-electron chi connectivity index (χ3n) is 3.84. The first-order valence-corrected chi connectivity index (χ1v) is 8.25. The van der Waals surface area contributed by atoms with E-state index in [1.807, 2.05) is 19.1 Å². The molecular weight excluding hydrogens is 421 g/mol. The van der Waals surface area contributed by atoms with Crippen molar-refractivity contribution in [2.24, 2.45) is 0 Å². The summed E-state index contributed by atoms with van der Waals surface area (Å²) in [5.41, 5.74) is 1.58. The second-order valence-electron chi connectivity index (χ2n) is 5.30. The monoisotopic (exact) mass is 435 g/mol. The molecule has 0 saturated heterocycles. The minimum absolute atomic E-state index is 0.0459. The summed E-state index contributed by atoms with van der Waals surface area (Å²) in [6.45, 7) is 1.82. The van der Waals surface area contributed by atoms with Crippen molar-refractivity contribution in [3.63, 3.8) is 0 Å². The quantitative estimate of drug-likeness (QED) is 0.593. The Balaban J connectivity index is 2.11. The van der Waals surface area contributed by atoms with Crippen LogP contribution in [0.4, 0.5) is 5.69 Å². The molecule has 0 radical (unpaired) electrons. The van der Waals surface area contributed by atoms with E-state index in [9.17, 15) is 14.7 Å². The molecule has 5 nitrogen and oxygen atoms in total. The van der Waals surface area contributed by atoms with Crippen LogP contribution in [0.3, 0.4) is 0 Å². The first-order valence-electron chi connectivity index (χ1n) is 7.17. The molecule has 6 heteroatoms. The Hall–Kier alpha value is -2.35. The highest BCUT2D eigenvalue weighted by Crippen LogP contribution is 2.37. The number of carbonyl (C=O) groups excluding carboxylic acids is 2. The topological polar surface area (TPSA) is 66.8 Å². The minimum atomic E-state index is -0.731. The molecule has 24 heavy (non-hydrogen) atoms. The molecule has 122 valence electrons. The number of benzene rings is 2. The van der Waals surface area contributed by atoms with Gasteiger partial charge in [-0.05, 0) is 59.3 Å². The smallest absolute Gasteiger partial charge is 0.301 e. The number of carbonyl (C=O) groups is 2. The molecule has 0 aromatic heterocycles. The molecule has 0 bridgehead atoms. The van der Waals surface area contributed by atoms with E-state index in [4.69, 9.17) is 4.74 Å². The van der Waals surface area contributed by atoms with Gasteiger partial charge in [-0.2, -0.15) is 0 Å². The number of rotatable bonds is 3. The molecule has 0 fully saturated rings. The van der Waals surface area contributed by atoms with Crippen molar-refractivity contribution in [2.45, 2.75) is 6.92 Å². The van der Waals surface area contributed by atoms with Gasteiger partial charge in [-0.15, -0.1) is 0 Å². The number of para-hydroxylation sites is 1. The first-order chi connectivity index (χ1) is 11.5. The highest BCUT2D eigenvalue weighted by Gasteiger charge is 2.41. The summed E-state index contributed by atoms with van der Waals surface area (Å²) in [5, 5.41) is 10.3. The highest BCUT2D eigenvalue weighted by molar-refractivity contribution is 14.1. The lowest BCUT2D eigenvalue weighted by atomic mass is 10.0. The van der Waals surface area contributed by atoms with Crippen LogP contribution in [0.15, 0.2) is 48.2 Å². The first kappa shape index (κ1) is 16.5. The molecule has 0 saturated carbocycles. The van der Waals surface area contributed by atoms with Gasteiger partial charge in [-0.1, -0.05) is 18.2 Å². The maximum absolute atomic E-state index is 12.9. The van der Waals surface area contributed by atoms with Crippen LogP contribution in [0.25, 0.3) is 5.57 Å². The van der Waals surface area contributed by atoms with Crippen molar-refractivity contribution in [1.29, 1.82) is 0 Å². The van der Waals surface area contributed by atoms with Crippen LogP contribution in [0, 0.1) is 10.5 Å². The Labute approximate surface area is 152 Å². The van der Waals surface area contributed by atoms with Gasteiger partial charge in [0.1, 0.15) is 5.75 Å². The third kappa shape index (κ3) is 2.56. The van der Waals surface area contributed by atoms with Crippen LogP contribution in [0.1, 0.15) is 11.1 Å². The summed E-state index contributed by atoms with van der Waals surface area (Å²) < 4.78 is 6.24. The van der Waals surface area contributed by atoms with E-state index >= 15 is 0 Å². The summed E-state index contributed by atoms with van der Waals surface area (Å²) in [5.74, 6) is -1.44. The zero-order valence-electron chi connectivity index (χ0n) is 13.0. The molecule has 1 heterocycles. The number of halogens is 1. The molecule has 0 spiro atoms. The lowest BCUT2D eigenvalue weighted by Crippen LogP contribution is -2.32. The van der Waals surface area contributed by atoms with Gasteiger partial charge < -0.3 is 9.84 Å². The predicted molar refractivity (Wildman–Crippen MR) is 98.9 cm³/mol. The van der Waals surface area contributed by atoms with Gasteiger partial charge in [0.25, 0.3) is 5.91 Å². The van der Waals surface area contributed by atoms with Gasteiger partial charge in [0.05, 0.1) is 18.4 Å². The third-order valence-corrected chi connectivity index (χ3v) is 4.51. The largest absolute Gasteiger partial charge is 0.502 e. The summed E-state index contributed by atoms with van der Waals surface area (Å²) in [6, 6.07) is 12.2. The van der Waals surface area contributed by atoms with E-state index in [0.717, 1.165) is 14.0 Å². The van der Waals surface area contributed by atoms with Crippen molar-refractivity contribution in [3.05, 3.63) is 62.9 Å². The van der Waals surface area contributed by atoms with Gasteiger partial charge >= 0.3 is 5.91 Å². The second-order valence-corrected chi connectivity index (χ2v) is 6.55. The molecule has 2 aromatic carbocycles. The van der Waals surface area contributed by atoms with Gasteiger partial charge in [0, 0.05) is 9.13 Å². The average Bonchev–Trinajstić information content (AvgIpc) is 2.78. The lowest BCUT2D eigenvalue weighted by molar-refractivity contribution is -0.121. The van der Waals surface area contributed by atoms with Crippen LogP contribution < -0.4 is 9.64 Å². The normalized spacial score (nSPS) is 14.5. The fourth-order valence-corrected chi connectivity index (χ4v) is 3.35. The lowest BCUT2D eigenvalue weighted by Gasteiger charge is -2.17. The Bertz CT molecular complexity index is 888. The molecule has 3 rings (SSSR count). The number of nitrogens with zero attached hydrogens (tertiary/aromatic N) is 1. The van der Waals surface area contributed by atoms with Crippen molar-refractivity contribution in [1.82, 2.24) is 0 Å². The molecule has 1 aliphatic rings. The van der Waals surface area contributed by atoms with Crippen molar-refractivity contribution in [2.75, 3.05) is 12.0 Å². The number of anilines is 1. The van der Waals surface area contributed by atoms with Crippen LogP contribution in [-0.4, -0.2) is 24.0 Å². The van der Waals surface area contributed by atoms with E-state index in [-0.39, 0.29) is 5.57 Å². The van der Waals surface area contributed by atoms with Gasteiger partial charge in [-0.25, -0.2) is 4.90 Å². The number of hydrogen-bond acceptors (Lipinski definition) is 4. The predicted octanol–water partition coefficient (Wildman–Crippen LogP) is 3.45. The van der Waals surface area contributed by atoms with Crippen molar-refractivity contribution in [3.8, 4) is 5.75 Å². The molecule has 0 unspecified atom stereocenters. The minimum Gasteiger partial charge on any atom is -0.502 e. The number of aliphatic hydroxyl groups excluding tert-OH is 1. The standard InChI is InChI=1S/C18H14INO4/c1-10-9-11(19)7-8-13(10)20-17(22)15(16(21)18(20)23)12-5-3-4-6-14(12)24-2/h3-9,21H,1-2H3. The van der Waals surface area contributed by atoms with Gasteiger partial charge in [0.15, 0.2) is 5.76 Å². The van der Waals surface area contributed by atoms with E-state index in [1.165, 1.54) is 7.11 Å². The van der Waals surface area contributed by atoms with E-state index < -0.39 is 17.6 Å².